The average molecular weight is 422 g/mol. The van der Waals surface area contributed by atoms with Gasteiger partial charge in [-0.2, -0.15) is 0 Å². The molecule has 0 amide bonds. The van der Waals surface area contributed by atoms with E-state index in [1.54, 1.807) is 0 Å². The SMILES string of the molecule is C=c1ccc(=C)n1C1CC(C)(C)[N-]C(C)(C)C1.[Os+]. The van der Waals surface area contributed by atoms with E-state index in [1.165, 1.54) is 0 Å². The second-order valence-electron chi connectivity index (χ2n) is 6.48. The van der Waals surface area contributed by atoms with Crippen LogP contribution in [-0.4, -0.2) is 15.6 Å². The first kappa shape index (κ1) is 15.7. The standard InChI is InChI=1S/C15H23N2.Os/c1-11-7-8-12(2)17(11)13-9-14(3,4)16-15(5,6)10-13;/h7-8,13H,1-2,9-10H2,3-6H3;/q-1;+1. The molecule has 2 rings (SSSR count). The summed E-state index contributed by atoms with van der Waals surface area (Å²) in [6.07, 6.45) is 2.13. The predicted octanol–water partition coefficient (Wildman–Crippen LogP) is 2.57. The van der Waals surface area contributed by atoms with Crippen LogP contribution in [0.3, 0.4) is 0 Å². The van der Waals surface area contributed by atoms with Gasteiger partial charge in [0.25, 0.3) is 0 Å². The van der Waals surface area contributed by atoms with E-state index in [-0.39, 0.29) is 30.9 Å². The van der Waals surface area contributed by atoms with Gasteiger partial charge in [0.05, 0.1) is 0 Å². The Kier molecular flexibility index (Phi) is 4.31. The molecule has 2 heterocycles. The smallest absolute Gasteiger partial charge is 0.652 e. The van der Waals surface area contributed by atoms with Crippen LogP contribution in [0.5, 0.6) is 0 Å². The summed E-state index contributed by atoms with van der Waals surface area (Å²) in [6.45, 7) is 17.1. The normalized spacial score (nSPS) is 22.4. The molecule has 1 radical (unpaired) electrons. The summed E-state index contributed by atoms with van der Waals surface area (Å²) in [6, 6.07) is 4.56. The van der Waals surface area contributed by atoms with Crippen LogP contribution in [0, 0.1) is 0 Å². The molecule has 0 aliphatic carbocycles. The van der Waals surface area contributed by atoms with Gasteiger partial charge < -0.3 is 9.88 Å². The number of hydrogen-bond donors (Lipinski definition) is 0. The zero-order valence-corrected chi connectivity index (χ0v) is 14.3. The van der Waals surface area contributed by atoms with Gasteiger partial charge in [0.1, 0.15) is 0 Å². The fraction of sp³-hybridized carbons (Fsp3) is 0.600. The third-order valence-electron chi connectivity index (χ3n) is 3.53. The summed E-state index contributed by atoms with van der Waals surface area (Å²) >= 11 is 0. The van der Waals surface area contributed by atoms with Crippen LogP contribution in [0.2, 0.25) is 0 Å². The number of nitrogens with zero attached hydrogens (tertiary/aromatic N) is 2. The molecular formula is C15H23N2Os. The third kappa shape index (κ3) is 3.14. The van der Waals surface area contributed by atoms with Crippen LogP contribution >= 0.6 is 0 Å². The van der Waals surface area contributed by atoms with E-state index in [9.17, 15) is 0 Å². The molecule has 0 N–H and O–H groups in total. The molecule has 1 aromatic rings. The van der Waals surface area contributed by atoms with Gasteiger partial charge in [0.15, 0.2) is 0 Å². The van der Waals surface area contributed by atoms with Gasteiger partial charge in [0, 0.05) is 16.7 Å². The second kappa shape index (κ2) is 4.95. The summed E-state index contributed by atoms with van der Waals surface area (Å²) < 4.78 is 2.28. The summed E-state index contributed by atoms with van der Waals surface area (Å²) in [5.41, 5.74) is 0.0745. The number of aromatic nitrogens is 1. The van der Waals surface area contributed by atoms with Crippen molar-refractivity contribution in [1.82, 2.24) is 4.57 Å². The molecule has 0 atom stereocenters. The Bertz CT molecular complexity index is 470. The Hall–Kier alpha value is -0.384. The van der Waals surface area contributed by atoms with Crippen LogP contribution in [0.4, 0.5) is 0 Å². The van der Waals surface area contributed by atoms with E-state index in [4.69, 9.17) is 5.32 Å². The molecule has 1 saturated heterocycles. The van der Waals surface area contributed by atoms with Crippen molar-refractivity contribution in [3.63, 3.8) is 0 Å². The summed E-state index contributed by atoms with van der Waals surface area (Å²) in [7, 11) is 0. The quantitative estimate of drug-likeness (QED) is 0.664. The molecule has 18 heavy (non-hydrogen) atoms. The average Bonchev–Trinajstić information content (AvgIpc) is 2.40. The van der Waals surface area contributed by atoms with E-state index in [1.807, 2.05) is 12.1 Å². The van der Waals surface area contributed by atoms with Crippen LogP contribution in [0.15, 0.2) is 12.1 Å². The van der Waals surface area contributed by atoms with Crippen molar-refractivity contribution in [3.05, 3.63) is 28.1 Å². The van der Waals surface area contributed by atoms with Gasteiger partial charge in [-0.05, 0) is 25.0 Å². The summed E-state index contributed by atoms with van der Waals surface area (Å²) in [5.74, 6) is 0. The van der Waals surface area contributed by atoms with Crippen molar-refractivity contribution in [2.24, 2.45) is 0 Å². The predicted molar refractivity (Wildman–Crippen MR) is 74.5 cm³/mol. The van der Waals surface area contributed by atoms with E-state index < -0.39 is 0 Å². The fourth-order valence-corrected chi connectivity index (χ4v) is 3.33. The first-order valence-electron chi connectivity index (χ1n) is 6.29. The van der Waals surface area contributed by atoms with Crippen LogP contribution < -0.4 is 10.7 Å². The minimum Gasteiger partial charge on any atom is -0.652 e. The second-order valence-corrected chi connectivity index (χ2v) is 6.48. The Morgan fingerprint density at radius 2 is 1.44 bits per heavy atom. The molecule has 0 aromatic carbocycles. The third-order valence-corrected chi connectivity index (χ3v) is 3.53. The molecule has 2 nitrogen and oxygen atoms in total. The van der Waals surface area contributed by atoms with E-state index in [0.29, 0.717) is 6.04 Å². The molecule has 0 unspecified atom stereocenters. The van der Waals surface area contributed by atoms with E-state index >= 15 is 0 Å². The van der Waals surface area contributed by atoms with Crippen molar-refractivity contribution in [3.8, 4) is 0 Å². The molecule has 0 bridgehead atoms. The number of piperidine rings is 1. The monoisotopic (exact) mass is 423 g/mol. The first-order valence-corrected chi connectivity index (χ1v) is 6.29. The van der Waals surface area contributed by atoms with Gasteiger partial charge in [-0.3, -0.25) is 0 Å². The van der Waals surface area contributed by atoms with Crippen molar-refractivity contribution in [2.75, 3.05) is 0 Å². The van der Waals surface area contributed by atoms with Crippen molar-refractivity contribution >= 4 is 13.2 Å². The van der Waals surface area contributed by atoms with Gasteiger partial charge >= 0.3 is 19.8 Å². The summed E-state index contributed by atoms with van der Waals surface area (Å²) in [5, 5.41) is 7.04. The largest absolute Gasteiger partial charge is 1.00 e. The van der Waals surface area contributed by atoms with E-state index in [0.717, 1.165) is 23.5 Å². The summed E-state index contributed by atoms with van der Waals surface area (Å²) in [4.78, 5) is 0. The molecule has 0 spiro atoms. The maximum absolute atomic E-state index is 4.91. The van der Waals surface area contributed by atoms with Crippen LogP contribution in [0.25, 0.3) is 18.5 Å². The zero-order chi connectivity index (χ0) is 12.8. The molecule has 101 valence electrons. The molecule has 0 saturated carbocycles. The minimum atomic E-state index is 0. The maximum Gasteiger partial charge on any atom is 1.00 e. The topological polar surface area (TPSA) is 19.0 Å². The van der Waals surface area contributed by atoms with Gasteiger partial charge in [-0.1, -0.05) is 40.9 Å². The molecule has 1 fully saturated rings. The maximum atomic E-state index is 4.91. The Morgan fingerprint density at radius 3 is 1.83 bits per heavy atom. The fourth-order valence-electron chi connectivity index (χ4n) is 3.33. The van der Waals surface area contributed by atoms with Gasteiger partial charge in [-0.15, -0.1) is 11.1 Å². The van der Waals surface area contributed by atoms with Crippen LogP contribution in [-0.2, 0) is 19.8 Å². The number of rotatable bonds is 1. The van der Waals surface area contributed by atoms with Crippen molar-refractivity contribution in [2.45, 2.75) is 57.7 Å². The molecule has 1 aliphatic rings. The number of hydrogen-bond acceptors (Lipinski definition) is 0. The molecule has 1 aromatic heterocycles. The minimum absolute atomic E-state index is 0. The van der Waals surface area contributed by atoms with Crippen molar-refractivity contribution in [1.29, 1.82) is 0 Å². The van der Waals surface area contributed by atoms with Gasteiger partial charge in [-0.25, -0.2) is 0 Å². The van der Waals surface area contributed by atoms with Crippen molar-refractivity contribution < 1.29 is 19.8 Å². The Balaban J connectivity index is 0.00000162. The molecule has 3 heteroatoms. The Morgan fingerprint density at radius 1 is 1.06 bits per heavy atom. The molecular weight excluding hydrogens is 398 g/mol. The van der Waals surface area contributed by atoms with E-state index in [2.05, 4.69) is 45.4 Å². The van der Waals surface area contributed by atoms with Crippen LogP contribution in [0.1, 0.15) is 46.6 Å². The molecule has 1 aliphatic heterocycles. The first-order chi connectivity index (χ1) is 7.70. The zero-order valence-electron chi connectivity index (χ0n) is 11.8. The Labute approximate surface area is 123 Å². The van der Waals surface area contributed by atoms with Gasteiger partial charge in [0.2, 0.25) is 0 Å².